The molecule has 0 aliphatic carbocycles. The number of hydrogen-bond acceptors (Lipinski definition) is 2. The Morgan fingerprint density at radius 3 is 2.90 bits per heavy atom. The normalized spacial score (nSPS) is 20.4. The summed E-state index contributed by atoms with van der Waals surface area (Å²) in [6.45, 7) is 3.93. The van der Waals surface area contributed by atoms with Crippen molar-refractivity contribution in [1.29, 1.82) is 0 Å². The first-order valence-electron chi connectivity index (χ1n) is 7.00. The Bertz CT molecular complexity index is 473. The highest BCUT2D eigenvalue weighted by atomic mass is 19.2. The second kappa shape index (κ2) is 6.79. The summed E-state index contributed by atoms with van der Waals surface area (Å²) in [5.41, 5.74) is 0.482. The van der Waals surface area contributed by atoms with E-state index in [2.05, 4.69) is 10.6 Å². The Hall–Kier alpha value is -1.49. The molecule has 2 N–H and O–H groups in total. The van der Waals surface area contributed by atoms with Gasteiger partial charge >= 0.3 is 0 Å². The van der Waals surface area contributed by atoms with E-state index >= 15 is 0 Å². The molecule has 1 fully saturated rings. The third-order valence-electron chi connectivity index (χ3n) is 3.78. The molecule has 5 heteroatoms. The lowest BCUT2D eigenvalue weighted by Crippen LogP contribution is -2.45. The average Bonchev–Trinajstić information content (AvgIpc) is 2.44. The molecule has 1 heterocycles. The molecule has 0 radical (unpaired) electrons. The topological polar surface area (TPSA) is 41.1 Å². The van der Waals surface area contributed by atoms with Crippen LogP contribution < -0.4 is 10.6 Å². The molecule has 1 aromatic rings. The molecular weight excluding hydrogens is 262 g/mol. The fourth-order valence-corrected chi connectivity index (χ4v) is 2.56. The molecule has 2 atom stereocenters. The van der Waals surface area contributed by atoms with E-state index in [0.717, 1.165) is 38.1 Å². The number of nitrogens with one attached hydrogen (secondary N) is 2. The first-order valence-corrected chi connectivity index (χ1v) is 7.00. The Labute approximate surface area is 117 Å². The van der Waals surface area contributed by atoms with Crippen molar-refractivity contribution < 1.29 is 13.6 Å². The van der Waals surface area contributed by atoms with E-state index in [1.807, 2.05) is 6.92 Å². The van der Waals surface area contributed by atoms with Gasteiger partial charge in [0.15, 0.2) is 11.6 Å². The first-order chi connectivity index (χ1) is 9.56. The highest BCUT2D eigenvalue weighted by molar-refractivity contribution is 5.78. The molecule has 20 heavy (non-hydrogen) atoms. The molecular formula is C15H20F2N2O. The number of amides is 1. The van der Waals surface area contributed by atoms with Gasteiger partial charge in [-0.3, -0.25) is 4.79 Å². The molecule has 0 saturated carbocycles. The van der Waals surface area contributed by atoms with Gasteiger partial charge in [0.25, 0.3) is 0 Å². The monoisotopic (exact) mass is 282 g/mol. The number of benzene rings is 1. The van der Waals surface area contributed by atoms with Crippen LogP contribution in [0.15, 0.2) is 18.2 Å². The standard InChI is InChI=1S/C15H20F2N2O/c1-10(12-3-2-6-18-9-12)19-15(20)8-11-4-5-13(16)14(17)7-11/h4-5,7,10,12,18H,2-3,6,8-9H2,1H3,(H,19,20). The summed E-state index contributed by atoms with van der Waals surface area (Å²) in [5.74, 6) is -1.54. The summed E-state index contributed by atoms with van der Waals surface area (Å²) in [6, 6.07) is 3.64. The molecule has 0 spiro atoms. The maximum Gasteiger partial charge on any atom is 0.224 e. The van der Waals surface area contributed by atoms with Crippen LogP contribution in [0.5, 0.6) is 0 Å². The molecule has 2 rings (SSSR count). The number of carbonyl (C=O) groups excluding carboxylic acids is 1. The number of carbonyl (C=O) groups is 1. The Balaban J connectivity index is 1.86. The highest BCUT2D eigenvalue weighted by Gasteiger charge is 2.21. The van der Waals surface area contributed by atoms with Crippen LogP contribution in [0.2, 0.25) is 0 Å². The fourth-order valence-electron chi connectivity index (χ4n) is 2.56. The fraction of sp³-hybridized carbons (Fsp3) is 0.533. The lowest BCUT2D eigenvalue weighted by molar-refractivity contribution is -0.121. The summed E-state index contributed by atoms with van der Waals surface area (Å²) < 4.78 is 25.9. The van der Waals surface area contributed by atoms with Gasteiger partial charge in [-0.1, -0.05) is 6.07 Å². The molecule has 1 amide bonds. The van der Waals surface area contributed by atoms with Crippen LogP contribution in [0.4, 0.5) is 8.78 Å². The zero-order valence-corrected chi connectivity index (χ0v) is 11.6. The van der Waals surface area contributed by atoms with Gasteiger partial charge in [0.05, 0.1) is 6.42 Å². The second-order valence-corrected chi connectivity index (χ2v) is 5.39. The molecule has 110 valence electrons. The van der Waals surface area contributed by atoms with Gasteiger partial charge in [-0.25, -0.2) is 8.78 Å². The highest BCUT2D eigenvalue weighted by Crippen LogP contribution is 2.14. The molecule has 1 aliphatic heterocycles. The van der Waals surface area contributed by atoms with Crippen LogP contribution in [-0.4, -0.2) is 25.0 Å². The van der Waals surface area contributed by atoms with Crippen molar-refractivity contribution in [2.45, 2.75) is 32.2 Å². The van der Waals surface area contributed by atoms with Gasteiger partial charge in [-0.05, 0) is 56.5 Å². The summed E-state index contributed by atoms with van der Waals surface area (Å²) >= 11 is 0. The number of rotatable bonds is 4. The first kappa shape index (κ1) is 14.9. The average molecular weight is 282 g/mol. The molecule has 1 saturated heterocycles. The number of piperidine rings is 1. The van der Waals surface area contributed by atoms with Crippen molar-refractivity contribution in [3.8, 4) is 0 Å². The summed E-state index contributed by atoms with van der Waals surface area (Å²) in [6.07, 6.45) is 2.29. The minimum absolute atomic E-state index is 0.0711. The van der Waals surface area contributed by atoms with Gasteiger partial charge in [-0.2, -0.15) is 0 Å². The Kier molecular flexibility index (Phi) is 5.06. The maximum absolute atomic E-state index is 13.1. The van der Waals surface area contributed by atoms with Crippen molar-refractivity contribution in [1.82, 2.24) is 10.6 Å². The number of hydrogen-bond donors (Lipinski definition) is 2. The van der Waals surface area contributed by atoms with E-state index in [-0.39, 0.29) is 18.4 Å². The van der Waals surface area contributed by atoms with E-state index in [1.54, 1.807) is 0 Å². The SMILES string of the molecule is CC(NC(=O)Cc1ccc(F)c(F)c1)C1CCCNC1. The van der Waals surface area contributed by atoms with Crippen LogP contribution in [0, 0.1) is 17.6 Å². The molecule has 1 aromatic carbocycles. The molecule has 0 aromatic heterocycles. The third-order valence-corrected chi connectivity index (χ3v) is 3.78. The predicted octanol–water partition coefficient (Wildman–Crippen LogP) is 2.01. The van der Waals surface area contributed by atoms with Crippen LogP contribution in [0.25, 0.3) is 0 Å². The zero-order valence-electron chi connectivity index (χ0n) is 11.6. The quantitative estimate of drug-likeness (QED) is 0.887. The van der Waals surface area contributed by atoms with Gasteiger partial charge in [0, 0.05) is 6.04 Å². The van der Waals surface area contributed by atoms with Crippen molar-refractivity contribution in [2.24, 2.45) is 5.92 Å². The lowest BCUT2D eigenvalue weighted by atomic mass is 9.92. The van der Waals surface area contributed by atoms with E-state index in [9.17, 15) is 13.6 Å². The lowest BCUT2D eigenvalue weighted by Gasteiger charge is -2.29. The molecule has 2 unspecified atom stereocenters. The van der Waals surface area contributed by atoms with Crippen LogP contribution in [0.3, 0.4) is 0 Å². The maximum atomic E-state index is 13.1. The van der Waals surface area contributed by atoms with Gasteiger partial charge in [0.1, 0.15) is 0 Å². The second-order valence-electron chi connectivity index (χ2n) is 5.39. The molecule has 1 aliphatic rings. The van der Waals surface area contributed by atoms with Crippen molar-refractivity contribution >= 4 is 5.91 Å². The smallest absolute Gasteiger partial charge is 0.224 e. The van der Waals surface area contributed by atoms with E-state index in [4.69, 9.17) is 0 Å². The van der Waals surface area contributed by atoms with Crippen molar-refractivity contribution in [3.63, 3.8) is 0 Å². The number of halogens is 2. The van der Waals surface area contributed by atoms with Gasteiger partial charge in [0.2, 0.25) is 5.91 Å². The molecule has 0 bridgehead atoms. The van der Waals surface area contributed by atoms with E-state index in [0.29, 0.717) is 11.5 Å². The zero-order chi connectivity index (χ0) is 14.5. The van der Waals surface area contributed by atoms with Crippen molar-refractivity contribution in [2.75, 3.05) is 13.1 Å². The van der Waals surface area contributed by atoms with Crippen molar-refractivity contribution in [3.05, 3.63) is 35.4 Å². The molecule has 3 nitrogen and oxygen atoms in total. The summed E-state index contributed by atoms with van der Waals surface area (Å²) in [4.78, 5) is 11.9. The van der Waals surface area contributed by atoms with Crippen LogP contribution in [-0.2, 0) is 11.2 Å². The Morgan fingerprint density at radius 1 is 1.45 bits per heavy atom. The Morgan fingerprint density at radius 2 is 2.25 bits per heavy atom. The largest absolute Gasteiger partial charge is 0.353 e. The predicted molar refractivity (Wildman–Crippen MR) is 73.3 cm³/mol. The summed E-state index contributed by atoms with van der Waals surface area (Å²) in [5, 5.41) is 6.25. The minimum atomic E-state index is -0.917. The van der Waals surface area contributed by atoms with E-state index in [1.165, 1.54) is 6.07 Å². The minimum Gasteiger partial charge on any atom is -0.353 e. The van der Waals surface area contributed by atoms with E-state index < -0.39 is 11.6 Å². The summed E-state index contributed by atoms with van der Waals surface area (Å²) in [7, 11) is 0. The third kappa shape index (κ3) is 4.00. The van der Waals surface area contributed by atoms with Gasteiger partial charge in [-0.15, -0.1) is 0 Å². The van der Waals surface area contributed by atoms with Crippen LogP contribution >= 0.6 is 0 Å². The van der Waals surface area contributed by atoms with Crippen LogP contribution in [0.1, 0.15) is 25.3 Å². The van der Waals surface area contributed by atoms with Gasteiger partial charge < -0.3 is 10.6 Å².